The maximum atomic E-state index is 6.10. The summed E-state index contributed by atoms with van der Waals surface area (Å²) in [7, 11) is 2.16. The van der Waals surface area contributed by atoms with Gasteiger partial charge in [-0.15, -0.1) is 0 Å². The van der Waals surface area contributed by atoms with Gasteiger partial charge in [0.25, 0.3) is 0 Å². The molecule has 2 heterocycles. The van der Waals surface area contributed by atoms with Gasteiger partial charge in [-0.1, -0.05) is 51.1 Å². The highest BCUT2D eigenvalue weighted by atomic mass is 16.3. The molecule has 0 unspecified atom stereocenters. The predicted octanol–water partition coefficient (Wildman–Crippen LogP) is 6.53. The Morgan fingerprint density at radius 3 is 2.36 bits per heavy atom. The summed E-state index contributed by atoms with van der Waals surface area (Å²) in [5.41, 5.74) is 5.93. The van der Waals surface area contributed by atoms with E-state index in [-0.39, 0.29) is 5.41 Å². The van der Waals surface area contributed by atoms with Gasteiger partial charge in [0, 0.05) is 28.7 Å². The third-order valence-electron chi connectivity index (χ3n) is 5.33. The quantitative estimate of drug-likeness (QED) is 0.316. The maximum absolute atomic E-state index is 6.10. The number of aromatic nitrogens is 1. The van der Waals surface area contributed by atoms with E-state index in [0.717, 1.165) is 11.2 Å². The normalized spacial score (nSPS) is 12.8. The van der Waals surface area contributed by atoms with Gasteiger partial charge in [0.1, 0.15) is 11.2 Å². The van der Waals surface area contributed by atoms with E-state index in [9.17, 15) is 0 Å². The Balaban J connectivity index is 2.10. The molecule has 0 bridgehead atoms. The summed E-state index contributed by atoms with van der Waals surface area (Å²) in [5, 5.41) is 5.07. The van der Waals surface area contributed by atoms with Crippen LogP contribution < -0.4 is 0 Å². The van der Waals surface area contributed by atoms with Gasteiger partial charge in [0.05, 0.1) is 10.9 Å². The zero-order valence-corrected chi connectivity index (χ0v) is 15.1. The van der Waals surface area contributed by atoms with Crippen LogP contribution in [-0.4, -0.2) is 4.57 Å². The van der Waals surface area contributed by atoms with Crippen LogP contribution in [0.4, 0.5) is 0 Å². The molecular weight excluding hydrogens is 306 g/mol. The molecule has 0 amide bonds. The number of rotatable bonds is 0. The summed E-state index contributed by atoms with van der Waals surface area (Å²) in [6, 6.07) is 19.3. The molecule has 2 heteroatoms. The Labute approximate surface area is 146 Å². The van der Waals surface area contributed by atoms with Crippen LogP contribution in [-0.2, 0) is 12.5 Å². The van der Waals surface area contributed by atoms with Crippen LogP contribution in [0.1, 0.15) is 26.3 Å². The van der Waals surface area contributed by atoms with E-state index in [1.54, 1.807) is 0 Å². The number of fused-ring (bicyclic) bond motifs is 7. The Hall–Kier alpha value is -2.74. The lowest BCUT2D eigenvalue weighted by Gasteiger charge is -2.20. The standard InChI is InChI=1S/C23H21NO/c1-23(2,3)16-9-7-10-17-20(16)15-12-13-19-21(22(15)24(17)4)14-8-5-6-11-18(14)25-19/h5-13H,1-4H3. The molecule has 2 aromatic heterocycles. The monoisotopic (exact) mass is 327 g/mol. The second-order valence-electron chi connectivity index (χ2n) is 7.94. The molecule has 0 radical (unpaired) electrons. The molecule has 5 rings (SSSR count). The van der Waals surface area contributed by atoms with Crippen LogP contribution >= 0.6 is 0 Å². The Morgan fingerprint density at radius 1 is 0.760 bits per heavy atom. The van der Waals surface area contributed by atoms with Crippen LogP contribution in [0.15, 0.2) is 59.0 Å². The molecule has 3 aromatic carbocycles. The summed E-state index contributed by atoms with van der Waals surface area (Å²) >= 11 is 0. The second-order valence-corrected chi connectivity index (χ2v) is 7.94. The van der Waals surface area contributed by atoms with Crippen LogP contribution in [0.3, 0.4) is 0 Å². The fraction of sp³-hybridized carbons (Fsp3) is 0.217. The van der Waals surface area contributed by atoms with Crippen molar-refractivity contribution < 1.29 is 4.42 Å². The fourth-order valence-corrected chi connectivity index (χ4v) is 4.20. The minimum absolute atomic E-state index is 0.0984. The Morgan fingerprint density at radius 2 is 1.56 bits per heavy atom. The van der Waals surface area contributed by atoms with Gasteiger partial charge in [0.15, 0.2) is 0 Å². The summed E-state index contributed by atoms with van der Waals surface area (Å²) in [6.45, 7) is 6.85. The van der Waals surface area contributed by atoms with Crippen molar-refractivity contribution in [2.24, 2.45) is 7.05 Å². The zero-order chi connectivity index (χ0) is 17.3. The third kappa shape index (κ3) is 1.85. The van der Waals surface area contributed by atoms with Crippen molar-refractivity contribution in [3.63, 3.8) is 0 Å². The average Bonchev–Trinajstić information content (AvgIpc) is 3.10. The molecule has 0 N–H and O–H groups in total. The summed E-state index contributed by atoms with van der Waals surface area (Å²) < 4.78 is 8.42. The van der Waals surface area contributed by atoms with Crippen LogP contribution in [0, 0.1) is 0 Å². The lowest BCUT2D eigenvalue weighted by Crippen LogP contribution is -2.11. The largest absolute Gasteiger partial charge is 0.456 e. The summed E-state index contributed by atoms with van der Waals surface area (Å²) in [5.74, 6) is 0. The minimum atomic E-state index is 0.0984. The molecule has 0 saturated carbocycles. The first kappa shape index (κ1) is 14.6. The molecule has 25 heavy (non-hydrogen) atoms. The van der Waals surface area contributed by atoms with Crippen LogP contribution in [0.25, 0.3) is 43.7 Å². The fourth-order valence-electron chi connectivity index (χ4n) is 4.20. The molecule has 5 aromatic rings. The maximum Gasteiger partial charge on any atom is 0.137 e. The van der Waals surface area contributed by atoms with E-state index in [0.29, 0.717) is 0 Å². The van der Waals surface area contributed by atoms with E-state index < -0.39 is 0 Å². The molecule has 0 aliphatic rings. The molecule has 2 nitrogen and oxygen atoms in total. The third-order valence-corrected chi connectivity index (χ3v) is 5.33. The smallest absolute Gasteiger partial charge is 0.137 e. The topological polar surface area (TPSA) is 18.1 Å². The van der Waals surface area contributed by atoms with Gasteiger partial charge in [-0.05, 0) is 35.2 Å². The van der Waals surface area contributed by atoms with Crippen molar-refractivity contribution >= 4 is 43.7 Å². The van der Waals surface area contributed by atoms with Gasteiger partial charge in [-0.25, -0.2) is 0 Å². The van der Waals surface area contributed by atoms with Crippen molar-refractivity contribution in [1.29, 1.82) is 0 Å². The van der Waals surface area contributed by atoms with Gasteiger partial charge < -0.3 is 8.98 Å². The van der Waals surface area contributed by atoms with E-state index in [1.807, 2.05) is 12.1 Å². The second kappa shape index (κ2) is 4.66. The number of hydrogen-bond acceptors (Lipinski definition) is 1. The van der Waals surface area contributed by atoms with Crippen LogP contribution in [0.5, 0.6) is 0 Å². The Kier molecular flexibility index (Phi) is 2.72. The molecule has 0 spiro atoms. The van der Waals surface area contributed by atoms with E-state index in [1.165, 1.54) is 38.1 Å². The zero-order valence-electron chi connectivity index (χ0n) is 15.1. The summed E-state index contributed by atoms with van der Waals surface area (Å²) in [4.78, 5) is 0. The van der Waals surface area contributed by atoms with Gasteiger partial charge >= 0.3 is 0 Å². The highest BCUT2D eigenvalue weighted by molar-refractivity contribution is 6.24. The first-order valence-corrected chi connectivity index (χ1v) is 8.78. The number of furan rings is 1. The molecule has 0 atom stereocenters. The first-order chi connectivity index (χ1) is 12.0. The van der Waals surface area contributed by atoms with Crippen molar-refractivity contribution in [3.05, 3.63) is 60.2 Å². The lowest BCUT2D eigenvalue weighted by molar-refractivity contribution is 0.596. The highest BCUT2D eigenvalue weighted by Gasteiger charge is 2.22. The molecule has 0 saturated heterocycles. The lowest BCUT2D eigenvalue weighted by atomic mass is 9.84. The SMILES string of the molecule is Cn1c2cccc(C(C)(C)C)c2c2ccc3oc4ccccc4c3c21. The van der Waals surface area contributed by atoms with Gasteiger partial charge in [-0.2, -0.15) is 0 Å². The summed E-state index contributed by atoms with van der Waals surface area (Å²) in [6.07, 6.45) is 0. The molecule has 0 aliphatic carbocycles. The average molecular weight is 327 g/mol. The van der Waals surface area contributed by atoms with Crippen LogP contribution in [0.2, 0.25) is 0 Å². The van der Waals surface area contributed by atoms with Crippen molar-refractivity contribution in [2.45, 2.75) is 26.2 Å². The van der Waals surface area contributed by atoms with Gasteiger partial charge in [-0.3, -0.25) is 0 Å². The van der Waals surface area contributed by atoms with E-state index in [4.69, 9.17) is 4.42 Å². The number of hydrogen-bond donors (Lipinski definition) is 0. The minimum Gasteiger partial charge on any atom is -0.456 e. The van der Waals surface area contributed by atoms with Crippen molar-refractivity contribution in [3.8, 4) is 0 Å². The molecular formula is C23H21NO. The highest BCUT2D eigenvalue weighted by Crippen LogP contribution is 2.41. The number of para-hydroxylation sites is 1. The first-order valence-electron chi connectivity index (χ1n) is 8.78. The number of nitrogens with zero attached hydrogens (tertiary/aromatic N) is 1. The van der Waals surface area contributed by atoms with Gasteiger partial charge in [0.2, 0.25) is 0 Å². The predicted molar refractivity (Wildman–Crippen MR) is 106 cm³/mol. The van der Waals surface area contributed by atoms with Crippen molar-refractivity contribution in [2.75, 3.05) is 0 Å². The molecule has 0 aliphatic heterocycles. The Bertz CT molecular complexity index is 1280. The molecule has 0 fully saturated rings. The molecule has 124 valence electrons. The number of aryl methyl sites for hydroxylation is 1. The van der Waals surface area contributed by atoms with E-state index >= 15 is 0 Å². The van der Waals surface area contributed by atoms with E-state index in [2.05, 4.69) is 74.9 Å². The van der Waals surface area contributed by atoms with Crippen molar-refractivity contribution in [1.82, 2.24) is 4.57 Å². The number of benzene rings is 3.